The van der Waals surface area contributed by atoms with Gasteiger partial charge in [-0.05, 0) is 24.8 Å². The third-order valence-corrected chi connectivity index (χ3v) is 3.46. The topological polar surface area (TPSA) is 49.8 Å². The molecule has 2 aromatic rings. The Morgan fingerprint density at radius 2 is 1.95 bits per heavy atom. The summed E-state index contributed by atoms with van der Waals surface area (Å²) in [7, 11) is 0. The number of thioether (sulfide) groups is 1. The first-order chi connectivity index (χ1) is 9.72. The normalized spacial score (nSPS) is 10.3. The highest BCUT2D eigenvalue weighted by Crippen LogP contribution is 2.26. The van der Waals surface area contributed by atoms with E-state index in [9.17, 15) is 0 Å². The SMILES string of the molecule is CCCNc1cc(Nc2ccccc2Cl)nc(SC)n1. The van der Waals surface area contributed by atoms with E-state index in [0.717, 1.165) is 35.4 Å². The molecule has 0 amide bonds. The molecule has 0 atom stereocenters. The Balaban J connectivity index is 2.24. The van der Waals surface area contributed by atoms with Gasteiger partial charge in [-0.3, -0.25) is 0 Å². The highest BCUT2D eigenvalue weighted by Gasteiger charge is 2.06. The van der Waals surface area contributed by atoms with Gasteiger partial charge in [0.1, 0.15) is 11.6 Å². The van der Waals surface area contributed by atoms with Crippen molar-refractivity contribution in [1.82, 2.24) is 9.97 Å². The van der Waals surface area contributed by atoms with Crippen LogP contribution in [0.5, 0.6) is 0 Å². The Labute approximate surface area is 128 Å². The van der Waals surface area contributed by atoms with Crippen LogP contribution in [0.3, 0.4) is 0 Å². The molecule has 1 aromatic carbocycles. The minimum Gasteiger partial charge on any atom is -0.370 e. The van der Waals surface area contributed by atoms with Crippen molar-refractivity contribution in [1.29, 1.82) is 0 Å². The molecular weight excluding hydrogens is 292 g/mol. The third-order valence-electron chi connectivity index (χ3n) is 2.58. The summed E-state index contributed by atoms with van der Waals surface area (Å²) in [5.41, 5.74) is 0.835. The Kier molecular flexibility index (Phi) is 5.49. The second-order valence-corrected chi connectivity index (χ2v) is 5.34. The summed E-state index contributed by atoms with van der Waals surface area (Å²) < 4.78 is 0. The minimum absolute atomic E-state index is 0.667. The molecule has 0 saturated carbocycles. The van der Waals surface area contributed by atoms with Crippen molar-refractivity contribution < 1.29 is 0 Å². The number of nitrogens with one attached hydrogen (secondary N) is 2. The van der Waals surface area contributed by atoms with Crippen molar-refractivity contribution in [2.45, 2.75) is 18.5 Å². The molecule has 0 bridgehead atoms. The number of hydrogen-bond donors (Lipinski definition) is 2. The zero-order valence-electron chi connectivity index (χ0n) is 11.5. The van der Waals surface area contributed by atoms with Crippen LogP contribution in [0.25, 0.3) is 0 Å². The van der Waals surface area contributed by atoms with Gasteiger partial charge in [-0.15, -0.1) is 0 Å². The first-order valence-corrected chi connectivity index (χ1v) is 8.01. The number of rotatable bonds is 6. The zero-order valence-corrected chi connectivity index (χ0v) is 13.1. The largest absolute Gasteiger partial charge is 0.370 e. The van der Waals surface area contributed by atoms with Crippen LogP contribution in [0.4, 0.5) is 17.3 Å². The molecule has 0 aliphatic carbocycles. The summed E-state index contributed by atoms with van der Waals surface area (Å²) in [5, 5.41) is 7.89. The van der Waals surface area contributed by atoms with Gasteiger partial charge in [0.25, 0.3) is 0 Å². The molecule has 0 spiro atoms. The van der Waals surface area contributed by atoms with E-state index in [4.69, 9.17) is 11.6 Å². The number of aromatic nitrogens is 2. The van der Waals surface area contributed by atoms with Crippen molar-refractivity contribution >= 4 is 40.7 Å². The average molecular weight is 309 g/mol. The monoisotopic (exact) mass is 308 g/mol. The summed E-state index contributed by atoms with van der Waals surface area (Å²) in [6, 6.07) is 9.48. The van der Waals surface area contributed by atoms with Crippen molar-refractivity contribution in [2.24, 2.45) is 0 Å². The molecule has 2 rings (SSSR count). The van der Waals surface area contributed by atoms with Crippen molar-refractivity contribution in [3.63, 3.8) is 0 Å². The Hall–Kier alpha value is -1.46. The molecule has 0 unspecified atom stereocenters. The first-order valence-electron chi connectivity index (χ1n) is 6.41. The third kappa shape index (κ3) is 4.02. The van der Waals surface area contributed by atoms with Crippen LogP contribution in [-0.2, 0) is 0 Å². The Bertz CT molecular complexity index is 577. The minimum atomic E-state index is 0.667. The summed E-state index contributed by atoms with van der Waals surface area (Å²) in [5.74, 6) is 1.55. The number of para-hydroxylation sites is 1. The number of halogens is 1. The smallest absolute Gasteiger partial charge is 0.191 e. The van der Waals surface area contributed by atoms with Crippen molar-refractivity contribution in [2.75, 3.05) is 23.4 Å². The van der Waals surface area contributed by atoms with Gasteiger partial charge in [-0.25, -0.2) is 9.97 Å². The average Bonchev–Trinajstić information content (AvgIpc) is 2.47. The van der Waals surface area contributed by atoms with Gasteiger partial charge in [0.15, 0.2) is 5.16 Å². The van der Waals surface area contributed by atoms with E-state index >= 15 is 0 Å². The van der Waals surface area contributed by atoms with Crippen LogP contribution in [0.15, 0.2) is 35.5 Å². The van der Waals surface area contributed by atoms with Crippen molar-refractivity contribution in [3.8, 4) is 0 Å². The molecular formula is C14H17ClN4S. The zero-order chi connectivity index (χ0) is 14.4. The van der Waals surface area contributed by atoms with E-state index in [1.807, 2.05) is 36.6 Å². The van der Waals surface area contributed by atoms with Gasteiger partial charge in [-0.1, -0.05) is 42.4 Å². The molecule has 20 heavy (non-hydrogen) atoms. The lowest BCUT2D eigenvalue weighted by atomic mass is 10.3. The van der Waals surface area contributed by atoms with Crippen LogP contribution in [0.1, 0.15) is 13.3 Å². The fourth-order valence-corrected chi connectivity index (χ4v) is 2.19. The van der Waals surface area contributed by atoms with Crippen LogP contribution in [-0.4, -0.2) is 22.8 Å². The second-order valence-electron chi connectivity index (χ2n) is 4.16. The van der Waals surface area contributed by atoms with E-state index in [2.05, 4.69) is 27.5 Å². The van der Waals surface area contributed by atoms with Crippen LogP contribution >= 0.6 is 23.4 Å². The molecule has 0 fully saturated rings. The maximum absolute atomic E-state index is 6.14. The number of nitrogens with zero attached hydrogens (tertiary/aromatic N) is 2. The first kappa shape index (κ1) is 14.9. The maximum Gasteiger partial charge on any atom is 0.191 e. The molecule has 4 nitrogen and oxygen atoms in total. The fourth-order valence-electron chi connectivity index (χ4n) is 1.62. The van der Waals surface area contributed by atoms with Crippen molar-refractivity contribution in [3.05, 3.63) is 35.4 Å². The molecule has 1 heterocycles. The van der Waals surface area contributed by atoms with E-state index in [0.29, 0.717) is 5.02 Å². The van der Waals surface area contributed by atoms with Crippen LogP contribution < -0.4 is 10.6 Å². The lowest BCUT2D eigenvalue weighted by Crippen LogP contribution is -2.05. The van der Waals surface area contributed by atoms with E-state index < -0.39 is 0 Å². The highest BCUT2D eigenvalue weighted by atomic mass is 35.5. The van der Waals surface area contributed by atoms with Gasteiger partial charge >= 0.3 is 0 Å². The summed E-state index contributed by atoms with van der Waals surface area (Å²) in [6.07, 6.45) is 3.00. The molecule has 106 valence electrons. The van der Waals surface area contributed by atoms with Gasteiger partial charge in [0, 0.05) is 12.6 Å². The lowest BCUT2D eigenvalue weighted by molar-refractivity contribution is 0.929. The van der Waals surface area contributed by atoms with E-state index in [1.165, 1.54) is 11.8 Å². The molecule has 0 aliphatic heterocycles. The summed E-state index contributed by atoms with van der Waals surface area (Å²) in [4.78, 5) is 8.86. The Morgan fingerprint density at radius 1 is 1.20 bits per heavy atom. The fraction of sp³-hybridized carbons (Fsp3) is 0.286. The molecule has 0 saturated heterocycles. The predicted octanol–water partition coefficient (Wildman–Crippen LogP) is 4.42. The molecule has 0 radical (unpaired) electrons. The summed E-state index contributed by atoms with van der Waals surface area (Å²) >= 11 is 7.65. The van der Waals surface area contributed by atoms with Crippen LogP contribution in [0, 0.1) is 0 Å². The van der Waals surface area contributed by atoms with Gasteiger partial charge in [0.05, 0.1) is 10.7 Å². The molecule has 1 aromatic heterocycles. The van der Waals surface area contributed by atoms with Gasteiger partial charge in [-0.2, -0.15) is 0 Å². The van der Waals surface area contributed by atoms with Crippen LogP contribution in [0.2, 0.25) is 5.02 Å². The summed E-state index contributed by atoms with van der Waals surface area (Å²) in [6.45, 7) is 3.00. The predicted molar refractivity (Wildman–Crippen MR) is 87.3 cm³/mol. The number of anilines is 3. The van der Waals surface area contributed by atoms with E-state index in [1.54, 1.807) is 0 Å². The second kappa shape index (κ2) is 7.36. The number of benzene rings is 1. The molecule has 6 heteroatoms. The Morgan fingerprint density at radius 3 is 2.65 bits per heavy atom. The standard InChI is InChI=1S/C14H17ClN4S/c1-3-8-16-12-9-13(19-14(18-12)20-2)17-11-7-5-4-6-10(11)15/h4-7,9H,3,8H2,1-2H3,(H2,16,17,18,19). The maximum atomic E-state index is 6.14. The quantitative estimate of drug-likeness (QED) is 0.611. The van der Waals surface area contributed by atoms with Gasteiger partial charge < -0.3 is 10.6 Å². The highest BCUT2D eigenvalue weighted by molar-refractivity contribution is 7.98. The molecule has 0 aliphatic rings. The van der Waals surface area contributed by atoms with E-state index in [-0.39, 0.29) is 0 Å². The molecule has 2 N–H and O–H groups in total. The lowest BCUT2D eigenvalue weighted by Gasteiger charge is -2.11. The number of hydrogen-bond acceptors (Lipinski definition) is 5. The van der Waals surface area contributed by atoms with Gasteiger partial charge in [0.2, 0.25) is 0 Å².